The Balaban J connectivity index is 1.05. The molecule has 0 spiro atoms. The molecule has 0 amide bonds. The van der Waals surface area contributed by atoms with Gasteiger partial charge in [-0.15, -0.1) is 0 Å². The van der Waals surface area contributed by atoms with Gasteiger partial charge in [-0.3, -0.25) is 9.59 Å². The molecule has 53 heavy (non-hydrogen) atoms. The lowest BCUT2D eigenvalue weighted by molar-refractivity contribution is -0.124. The van der Waals surface area contributed by atoms with Crippen LogP contribution >= 0.6 is 0 Å². The summed E-state index contributed by atoms with van der Waals surface area (Å²) in [5.74, 6) is 7.38. The summed E-state index contributed by atoms with van der Waals surface area (Å²) in [6.45, 7) is 0.964. The summed E-state index contributed by atoms with van der Waals surface area (Å²) < 4.78 is 5.42. The molecule has 1 aliphatic heterocycles. The second-order valence-corrected chi connectivity index (χ2v) is 16.4. The molecule has 0 bridgehead atoms. The van der Waals surface area contributed by atoms with Crippen LogP contribution in [0, 0.1) is 35.0 Å². The molecule has 3 aromatic rings. The highest BCUT2D eigenvalue weighted by Crippen LogP contribution is 2.52. The minimum absolute atomic E-state index is 0.0000393. The van der Waals surface area contributed by atoms with E-state index in [1.54, 1.807) is 24.3 Å². The van der Waals surface area contributed by atoms with Gasteiger partial charge in [0, 0.05) is 31.2 Å². The SMILES string of the molecule is COc1cc2c(cc1O)[C@H](CC[C@H](O)c1ccc3cc(O)ccc3c1)C#C[C@H]([C@H](O)CCCC1([C@@H]3CN[C@@H]4CC(=O)CC[C@@H]4C3)CCCC1)C(=O)CC2. The first-order chi connectivity index (χ1) is 25.6. The van der Waals surface area contributed by atoms with Crippen molar-refractivity contribution in [2.45, 2.75) is 120 Å². The van der Waals surface area contributed by atoms with Gasteiger partial charge in [0.1, 0.15) is 17.5 Å². The fourth-order valence-electron chi connectivity index (χ4n) is 10.1. The molecular weight excluding hydrogens is 666 g/mol. The number of aliphatic hydroxyl groups is 2. The number of hydrogen-bond donors (Lipinski definition) is 5. The zero-order chi connectivity index (χ0) is 37.1. The fraction of sp³-hybridized carbons (Fsp3) is 0.556. The Morgan fingerprint density at radius 2 is 1.74 bits per heavy atom. The average molecular weight is 722 g/mol. The van der Waals surface area contributed by atoms with Crippen LogP contribution in [0.1, 0.15) is 119 Å². The Labute approximate surface area is 313 Å². The molecule has 0 unspecified atom stereocenters. The number of ether oxygens (including phenoxy) is 1. The number of aliphatic hydroxyl groups excluding tert-OH is 2. The molecule has 5 N–H and O–H groups in total. The smallest absolute Gasteiger partial charge is 0.160 e. The second-order valence-electron chi connectivity index (χ2n) is 16.4. The van der Waals surface area contributed by atoms with Crippen molar-refractivity contribution in [1.82, 2.24) is 5.32 Å². The van der Waals surface area contributed by atoms with Crippen molar-refractivity contribution in [3.05, 3.63) is 65.2 Å². The number of phenols is 2. The van der Waals surface area contributed by atoms with Crippen LogP contribution in [0.15, 0.2) is 48.5 Å². The zero-order valence-corrected chi connectivity index (χ0v) is 31.0. The van der Waals surface area contributed by atoms with Crippen molar-refractivity contribution in [1.29, 1.82) is 0 Å². The second kappa shape index (κ2) is 16.2. The lowest BCUT2D eigenvalue weighted by Gasteiger charge is -2.47. The Kier molecular flexibility index (Phi) is 11.5. The van der Waals surface area contributed by atoms with Gasteiger partial charge in [-0.1, -0.05) is 49.3 Å². The number of piperidine rings is 1. The van der Waals surface area contributed by atoms with E-state index >= 15 is 0 Å². The van der Waals surface area contributed by atoms with E-state index in [2.05, 4.69) is 17.2 Å². The third-order valence-corrected chi connectivity index (χ3v) is 13.2. The molecule has 8 nitrogen and oxygen atoms in total. The summed E-state index contributed by atoms with van der Waals surface area (Å²) in [6, 6.07) is 14.6. The number of methoxy groups -OCH3 is 1. The van der Waals surface area contributed by atoms with Crippen molar-refractivity contribution in [2.75, 3.05) is 13.7 Å². The van der Waals surface area contributed by atoms with E-state index in [-0.39, 0.29) is 35.0 Å². The van der Waals surface area contributed by atoms with E-state index in [4.69, 9.17) is 4.74 Å². The van der Waals surface area contributed by atoms with E-state index in [1.807, 2.05) is 24.3 Å². The van der Waals surface area contributed by atoms with E-state index in [0.29, 0.717) is 67.9 Å². The summed E-state index contributed by atoms with van der Waals surface area (Å²) in [4.78, 5) is 25.8. The summed E-state index contributed by atoms with van der Waals surface area (Å²) in [5, 5.41) is 49.1. The molecule has 3 fully saturated rings. The zero-order valence-electron chi connectivity index (χ0n) is 31.0. The van der Waals surface area contributed by atoms with Gasteiger partial charge in [0.2, 0.25) is 0 Å². The molecule has 7 rings (SSSR count). The number of carbonyl (C=O) groups excluding carboxylic acids is 2. The van der Waals surface area contributed by atoms with Crippen LogP contribution in [-0.2, 0) is 16.0 Å². The van der Waals surface area contributed by atoms with Crippen molar-refractivity contribution in [3.8, 4) is 29.1 Å². The van der Waals surface area contributed by atoms with Gasteiger partial charge in [-0.25, -0.2) is 0 Å². The highest BCUT2D eigenvalue weighted by Gasteiger charge is 2.45. The van der Waals surface area contributed by atoms with Crippen LogP contribution < -0.4 is 10.1 Å². The maximum atomic E-state index is 13.7. The van der Waals surface area contributed by atoms with Crippen LogP contribution in [0.25, 0.3) is 10.8 Å². The van der Waals surface area contributed by atoms with E-state index in [1.165, 1.54) is 39.2 Å². The lowest BCUT2D eigenvalue weighted by atomic mass is 9.63. The van der Waals surface area contributed by atoms with Crippen LogP contribution in [-0.4, -0.2) is 57.8 Å². The van der Waals surface area contributed by atoms with Crippen molar-refractivity contribution in [2.24, 2.45) is 23.2 Å². The number of aromatic hydroxyl groups is 2. The van der Waals surface area contributed by atoms with E-state index in [9.17, 15) is 30.0 Å². The predicted octanol–water partition coefficient (Wildman–Crippen LogP) is 7.43. The van der Waals surface area contributed by atoms with Crippen molar-refractivity contribution in [3.63, 3.8) is 0 Å². The standard InChI is InChI=1S/C45H55NO7/c1-53-44-24-31-12-17-42(51)37(41(50)5-4-20-45(18-2-3-19-45)34-22-32-9-14-36(48)25-39(32)46-27-34)15-10-28(38(31)26-43(44)52)11-16-40(49)33-7-6-30-23-35(47)13-8-29(30)21-33/h6-8,13,21,23-24,26,28,32,34,37,39-41,46-47,49-50,52H,2-5,9,11-12,14,16-20,22,25,27H2,1H3/t28-,32+,34-,37+,39+,40-,41+/m0/s1. The van der Waals surface area contributed by atoms with Gasteiger partial charge in [0.05, 0.1) is 19.3 Å². The van der Waals surface area contributed by atoms with Gasteiger partial charge in [0.15, 0.2) is 17.3 Å². The topological polar surface area (TPSA) is 136 Å². The summed E-state index contributed by atoms with van der Waals surface area (Å²) in [5.41, 5.74) is 2.69. The number of Topliss-reactive ketones (excluding diaryl/α,β-unsaturated/α-hetero) is 2. The maximum Gasteiger partial charge on any atom is 0.160 e. The first-order valence-electron chi connectivity index (χ1n) is 19.9. The van der Waals surface area contributed by atoms with Gasteiger partial charge >= 0.3 is 0 Å². The molecule has 0 radical (unpaired) electrons. The average Bonchev–Trinajstić information content (AvgIpc) is 3.66. The summed E-state index contributed by atoms with van der Waals surface area (Å²) in [7, 11) is 1.50. The van der Waals surface area contributed by atoms with Gasteiger partial charge in [-0.2, -0.15) is 0 Å². The van der Waals surface area contributed by atoms with Crippen LogP contribution in [0.5, 0.6) is 17.2 Å². The van der Waals surface area contributed by atoms with Gasteiger partial charge < -0.3 is 30.5 Å². The largest absolute Gasteiger partial charge is 0.508 e. The molecular formula is C45H55NO7. The highest BCUT2D eigenvalue weighted by molar-refractivity contribution is 5.85. The number of phenolic OH excluding ortho intramolecular Hbond substituents is 2. The first-order valence-corrected chi connectivity index (χ1v) is 19.9. The Morgan fingerprint density at radius 1 is 0.943 bits per heavy atom. The van der Waals surface area contributed by atoms with Crippen LogP contribution in [0.2, 0.25) is 0 Å². The molecule has 8 heteroatoms. The first kappa shape index (κ1) is 37.4. The Bertz CT molecular complexity index is 1870. The minimum atomic E-state index is -0.876. The number of ketones is 2. The summed E-state index contributed by atoms with van der Waals surface area (Å²) >= 11 is 0. The molecule has 3 aliphatic carbocycles. The predicted molar refractivity (Wildman–Crippen MR) is 205 cm³/mol. The van der Waals surface area contributed by atoms with Crippen LogP contribution in [0.3, 0.4) is 0 Å². The Hall–Kier alpha value is -3.90. The quantitative estimate of drug-likeness (QED) is 0.129. The molecule has 4 aliphatic rings. The highest BCUT2D eigenvalue weighted by atomic mass is 16.5. The molecule has 0 aromatic heterocycles. The third kappa shape index (κ3) is 8.28. The molecule has 3 aromatic carbocycles. The number of fused-ring (bicyclic) bond motifs is 3. The number of nitrogens with one attached hydrogen (secondary N) is 1. The number of benzene rings is 3. The van der Waals surface area contributed by atoms with Gasteiger partial charge in [-0.05, 0) is 139 Å². The van der Waals surface area contributed by atoms with Crippen molar-refractivity contribution < 1.29 is 34.8 Å². The number of aryl methyl sites for hydroxylation is 1. The monoisotopic (exact) mass is 721 g/mol. The number of rotatable bonds is 11. The molecule has 282 valence electrons. The van der Waals surface area contributed by atoms with Crippen LogP contribution in [0.4, 0.5) is 0 Å². The number of hydrogen-bond acceptors (Lipinski definition) is 8. The summed E-state index contributed by atoms with van der Waals surface area (Å²) in [6.07, 6.45) is 10.7. The molecule has 1 heterocycles. The van der Waals surface area contributed by atoms with E-state index < -0.39 is 18.1 Å². The maximum absolute atomic E-state index is 13.7. The fourth-order valence-corrected chi connectivity index (χ4v) is 10.1. The van der Waals surface area contributed by atoms with Crippen molar-refractivity contribution >= 4 is 22.3 Å². The molecule has 2 saturated carbocycles. The number of carbonyl (C=O) groups is 2. The minimum Gasteiger partial charge on any atom is -0.508 e. The third-order valence-electron chi connectivity index (χ3n) is 13.2. The van der Waals surface area contributed by atoms with E-state index in [0.717, 1.165) is 53.3 Å². The molecule has 1 saturated heterocycles. The normalized spacial score (nSPS) is 26.7. The Morgan fingerprint density at radius 3 is 2.55 bits per heavy atom. The molecule has 7 atom stereocenters. The lowest BCUT2D eigenvalue weighted by Crippen LogP contribution is -2.52. The van der Waals surface area contributed by atoms with Gasteiger partial charge in [0.25, 0.3) is 0 Å².